The fourth-order valence-corrected chi connectivity index (χ4v) is 3.58. The van der Waals surface area contributed by atoms with Crippen molar-refractivity contribution in [3.63, 3.8) is 0 Å². The van der Waals surface area contributed by atoms with Gasteiger partial charge in [0.1, 0.15) is 0 Å². The third-order valence-electron chi connectivity index (χ3n) is 2.81. The van der Waals surface area contributed by atoms with E-state index >= 15 is 0 Å². The quantitative estimate of drug-likeness (QED) is 0.340. The molecule has 0 aromatic heterocycles. The average molecular weight is 430 g/mol. The molecule has 78 valence electrons. The van der Waals surface area contributed by atoms with Crippen LogP contribution in [-0.4, -0.2) is 0 Å². The smallest absolute Gasteiger partial charge is 0.0348 e. The van der Waals surface area contributed by atoms with Crippen molar-refractivity contribution in [3.05, 3.63) is 55.7 Å². The van der Waals surface area contributed by atoms with Crippen LogP contribution >= 0.6 is 45.2 Å². The van der Waals surface area contributed by atoms with E-state index in [2.05, 4.69) is 93.7 Å². The second-order valence-electron chi connectivity index (χ2n) is 3.72. The lowest BCUT2D eigenvalue weighted by molar-refractivity contribution is 1.69. The normalized spacial score (nSPS) is 11.1. The van der Waals surface area contributed by atoms with Crippen molar-refractivity contribution in [3.8, 4) is 0 Å². The number of hydrogen-bond acceptors (Lipinski definition) is 0. The van der Waals surface area contributed by atoms with Crippen LogP contribution in [0.1, 0.15) is 0 Å². The highest BCUT2D eigenvalue weighted by Gasteiger charge is 2.08. The molecule has 0 nitrogen and oxygen atoms in total. The second kappa shape index (κ2) is 4.14. The van der Waals surface area contributed by atoms with Crippen LogP contribution in [0.3, 0.4) is 0 Å². The summed E-state index contributed by atoms with van der Waals surface area (Å²) in [7, 11) is 0. The molecule has 0 aliphatic carbocycles. The first kappa shape index (κ1) is 10.8. The highest BCUT2D eigenvalue weighted by molar-refractivity contribution is 14.1. The number of halogens is 2. The minimum absolute atomic E-state index is 1.35. The van der Waals surface area contributed by atoms with Gasteiger partial charge >= 0.3 is 0 Å². The molecule has 0 saturated carbocycles. The average Bonchev–Trinajstić information content (AvgIpc) is 2.36. The maximum Gasteiger partial charge on any atom is 0.0348 e. The lowest BCUT2D eigenvalue weighted by Crippen LogP contribution is -1.87. The van der Waals surface area contributed by atoms with Gasteiger partial charge in [0.15, 0.2) is 0 Å². The molecule has 0 heterocycles. The lowest BCUT2D eigenvalue weighted by atomic mass is 10.0. The van der Waals surface area contributed by atoms with Gasteiger partial charge in [-0.1, -0.05) is 48.5 Å². The Bertz CT molecular complexity index is 626. The predicted octanol–water partition coefficient (Wildman–Crippen LogP) is 5.20. The molecule has 0 unspecified atom stereocenters. The van der Waals surface area contributed by atoms with Gasteiger partial charge in [-0.15, -0.1) is 0 Å². The van der Waals surface area contributed by atoms with Crippen molar-refractivity contribution in [1.82, 2.24) is 0 Å². The van der Waals surface area contributed by atoms with E-state index in [1.54, 1.807) is 0 Å². The number of benzene rings is 3. The van der Waals surface area contributed by atoms with E-state index in [0.717, 1.165) is 0 Å². The molecule has 0 N–H and O–H groups in total. The Morgan fingerprint density at radius 3 is 1.19 bits per heavy atom. The molecule has 0 saturated heterocycles. The Morgan fingerprint density at radius 1 is 0.500 bits per heavy atom. The van der Waals surface area contributed by atoms with Crippen molar-refractivity contribution < 1.29 is 0 Å². The molecule has 3 aromatic carbocycles. The number of rotatable bonds is 0. The molecule has 2 heteroatoms. The first-order chi connectivity index (χ1) is 7.79. The summed E-state index contributed by atoms with van der Waals surface area (Å²) >= 11 is 4.89. The van der Waals surface area contributed by atoms with Gasteiger partial charge in [0.05, 0.1) is 0 Å². The van der Waals surface area contributed by atoms with Gasteiger partial charge < -0.3 is 0 Å². The number of fused-ring (bicyclic) bond motifs is 3. The standard InChI is InChI=1S/C14H8I2/c15-13-11-7-3-1-5-9(11)10-6-2-4-8-12(10)14(13)16/h1-8H. The molecule has 0 bridgehead atoms. The Labute approximate surface area is 121 Å². The van der Waals surface area contributed by atoms with Crippen LogP contribution < -0.4 is 0 Å². The zero-order valence-corrected chi connectivity index (χ0v) is 12.7. The van der Waals surface area contributed by atoms with Crippen molar-refractivity contribution >= 4 is 66.7 Å². The van der Waals surface area contributed by atoms with Crippen LogP contribution in [0.15, 0.2) is 48.5 Å². The molecule has 3 rings (SSSR count). The molecule has 0 fully saturated rings. The van der Waals surface area contributed by atoms with Gasteiger partial charge in [0.25, 0.3) is 0 Å². The van der Waals surface area contributed by atoms with Gasteiger partial charge in [-0.2, -0.15) is 0 Å². The van der Waals surface area contributed by atoms with Crippen molar-refractivity contribution in [2.75, 3.05) is 0 Å². The molecular formula is C14H8I2. The van der Waals surface area contributed by atoms with Gasteiger partial charge in [0, 0.05) is 7.14 Å². The van der Waals surface area contributed by atoms with Crippen LogP contribution in [0.5, 0.6) is 0 Å². The summed E-state index contributed by atoms with van der Waals surface area (Å²) in [5.41, 5.74) is 0. The van der Waals surface area contributed by atoms with E-state index in [1.807, 2.05) is 0 Å². The minimum atomic E-state index is 1.35. The summed E-state index contributed by atoms with van der Waals surface area (Å²) in [4.78, 5) is 0. The molecule has 0 aliphatic heterocycles. The highest BCUT2D eigenvalue weighted by atomic mass is 127. The van der Waals surface area contributed by atoms with E-state index in [9.17, 15) is 0 Å². The minimum Gasteiger partial charge on any atom is -0.0616 e. The van der Waals surface area contributed by atoms with Gasteiger partial charge in [-0.25, -0.2) is 0 Å². The summed E-state index contributed by atoms with van der Waals surface area (Å²) in [5, 5.41) is 5.41. The summed E-state index contributed by atoms with van der Waals surface area (Å²) in [5.74, 6) is 0. The Balaban J connectivity index is 2.69. The van der Waals surface area contributed by atoms with Crippen LogP contribution in [0.4, 0.5) is 0 Å². The van der Waals surface area contributed by atoms with Crippen molar-refractivity contribution in [1.29, 1.82) is 0 Å². The Morgan fingerprint density at radius 2 is 0.812 bits per heavy atom. The molecule has 0 spiro atoms. The zero-order chi connectivity index (χ0) is 11.1. The zero-order valence-electron chi connectivity index (χ0n) is 8.37. The van der Waals surface area contributed by atoms with E-state index in [1.165, 1.54) is 28.7 Å². The highest BCUT2D eigenvalue weighted by Crippen LogP contribution is 2.34. The van der Waals surface area contributed by atoms with Crippen LogP contribution in [-0.2, 0) is 0 Å². The molecule has 0 atom stereocenters. The van der Waals surface area contributed by atoms with E-state index < -0.39 is 0 Å². The molecule has 16 heavy (non-hydrogen) atoms. The van der Waals surface area contributed by atoms with Crippen LogP contribution in [0.2, 0.25) is 0 Å². The summed E-state index contributed by atoms with van der Waals surface area (Å²) in [6, 6.07) is 17.2. The molecule has 0 amide bonds. The van der Waals surface area contributed by atoms with Crippen molar-refractivity contribution in [2.45, 2.75) is 0 Å². The van der Waals surface area contributed by atoms with E-state index in [0.29, 0.717) is 0 Å². The third kappa shape index (κ3) is 1.54. The molecular weight excluding hydrogens is 422 g/mol. The van der Waals surface area contributed by atoms with E-state index in [4.69, 9.17) is 0 Å². The molecule has 3 aromatic rings. The SMILES string of the molecule is Ic1c(I)c2ccccc2c2ccccc12. The van der Waals surface area contributed by atoms with Gasteiger partial charge in [-0.3, -0.25) is 0 Å². The summed E-state index contributed by atoms with van der Waals surface area (Å²) < 4.78 is 2.71. The first-order valence-corrected chi connectivity index (χ1v) is 7.19. The third-order valence-corrected chi connectivity index (χ3v) is 6.08. The maximum atomic E-state index is 2.44. The fraction of sp³-hybridized carbons (Fsp3) is 0. The molecule has 0 aliphatic rings. The van der Waals surface area contributed by atoms with Gasteiger partial charge in [-0.05, 0) is 66.7 Å². The first-order valence-electron chi connectivity index (χ1n) is 5.03. The Hall–Kier alpha value is -0.360. The molecule has 0 radical (unpaired) electrons. The second-order valence-corrected chi connectivity index (χ2v) is 5.88. The number of hydrogen-bond donors (Lipinski definition) is 0. The topological polar surface area (TPSA) is 0 Å². The fourth-order valence-electron chi connectivity index (χ4n) is 2.06. The van der Waals surface area contributed by atoms with E-state index in [-0.39, 0.29) is 0 Å². The summed E-state index contributed by atoms with van der Waals surface area (Å²) in [6.45, 7) is 0. The van der Waals surface area contributed by atoms with Crippen molar-refractivity contribution in [2.24, 2.45) is 0 Å². The van der Waals surface area contributed by atoms with Crippen LogP contribution in [0.25, 0.3) is 21.5 Å². The van der Waals surface area contributed by atoms with Crippen LogP contribution in [0, 0.1) is 7.14 Å². The maximum absolute atomic E-state index is 2.44. The Kier molecular flexibility index (Phi) is 2.79. The largest absolute Gasteiger partial charge is 0.0616 e. The lowest BCUT2D eigenvalue weighted by Gasteiger charge is -2.09. The van der Waals surface area contributed by atoms with Gasteiger partial charge in [0.2, 0.25) is 0 Å². The summed E-state index contributed by atoms with van der Waals surface area (Å²) in [6.07, 6.45) is 0. The predicted molar refractivity (Wildman–Crippen MR) is 86.9 cm³/mol. The monoisotopic (exact) mass is 430 g/mol.